The van der Waals surface area contributed by atoms with Crippen molar-refractivity contribution < 1.29 is 10.9 Å². The predicted octanol–water partition coefficient (Wildman–Crippen LogP) is 0.183. The first-order chi connectivity index (χ1) is 3.81. The van der Waals surface area contributed by atoms with Crippen LogP contribution in [0.25, 0.3) is 0 Å². The SMILES string of the molecule is [2H]C#CC(=O)OCC. The molecule has 0 saturated carbocycles. The lowest BCUT2D eigenvalue weighted by Gasteiger charge is -1.88. The first kappa shape index (κ1) is 4.20. The van der Waals surface area contributed by atoms with Crippen molar-refractivity contribution >= 4 is 5.97 Å². The summed E-state index contributed by atoms with van der Waals surface area (Å²) >= 11 is 0. The monoisotopic (exact) mass is 99.0 g/mol. The van der Waals surface area contributed by atoms with Gasteiger partial charge < -0.3 is 4.74 Å². The van der Waals surface area contributed by atoms with Gasteiger partial charge in [-0.25, -0.2) is 4.79 Å². The molecule has 0 spiro atoms. The van der Waals surface area contributed by atoms with E-state index < -0.39 is 5.97 Å². The maximum absolute atomic E-state index is 10.1. The molecular weight excluding hydrogens is 92.1 g/mol. The van der Waals surface area contributed by atoms with Gasteiger partial charge in [-0.1, -0.05) is 0 Å². The average molecular weight is 99.1 g/mol. The van der Waals surface area contributed by atoms with E-state index in [1.165, 1.54) is 0 Å². The lowest BCUT2D eigenvalue weighted by Crippen LogP contribution is -1.98. The molecule has 0 fully saturated rings. The van der Waals surface area contributed by atoms with Crippen molar-refractivity contribution in [3.8, 4) is 12.3 Å². The van der Waals surface area contributed by atoms with Gasteiger partial charge >= 0.3 is 5.97 Å². The summed E-state index contributed by atoms with van der Waals surface area (Å²) in [5, 5.41) is 0. The van der Waals surface area contributed by atoms with Gasteiger partial charge in [0, 0.05) is 5.92 Å². The molecular formula is C5H6O2. The van der Waals surface area contributed by atoms with E-state index in [2.05, 4.69) is 4.74 Å². The fourth-order valence-electron chi connectivity index (χ4n) is 0.167. The molecule has 0 atom stereocenters. The number of esters is 1. The highest BCUT2D eigenvalue weighted by atomic mass is 16.5. The van der Waals surface area contributed by atoms with E-state index in [1.54, 1.807) is 13.3 Å². The molecule has 7 heavy (non-hydrogen) atoms. The lowest BCUT2D eigenvalue weighted by molar-refractivity contribution is -0.136. The molecule has 0 N–H and O–H groups in total. The fourth-order valence-corrected chi connectivity index (χ4v) is 0.167. The van der Waals surface area contributed by atoms with E-state index in [9.17, 15) is 4.79 Å². The number of carbonyl (C=O) groups is 1. The molecule has 0 radical (unpaired) electrons. The number of ether oxygens (including phenoxy) is 1. The van der Waals surface area contributed by atoms with Gasteiger partial charge in [0.05, 0.1) is 6.61 Å². The van der Waals surface area contributed by atoms with E-state index >= 15 is 0 Å². The normalized spacial score (nSPS) is 7.86. The number of hydrogen-bond acceptors (Lipinski definition) is 2. The van der Waals surface area contributed by atoms with Gasteiger partial charge in [0.25, 0.3) is 0 Å². The molecule has 0 bridgehead atoms. The Morgan fingerprint density at radius 3 is 3.43 bits per heavy atom. The Morgan fingerprint density at radius 1 is 2.29 bits per heavy atom. The smallest absolute Gasteiger partial charge is 0.384 e. The van der Waals surface area contributed by atoms with Crippen LogP contribution >= 0.6 is 0 Å². The second kappa shape index (κ2) is 3.23. The Balaban J connectivity index is 3.44. The molecule has 0 rings (SSSR count). The van der Waals surface area contributed by atoms with Crippen LogP contribution in [0.15, 0.2) is 0 Å². The molecule has 0 aromatic rings. The van der Waals surface area contributed by atoms with Gasteiger partial charge in [0.2, 0.25) is 0 Å². The number of hydrogen-bond donors (Lipinski definition) is 0. The zero-order valence-electron chi connectivity index (χ0n) is 5.02. The van der Waals surface area contributed by atoms with Crippen LogP contribution in [0.2, 0.25) is 0 Å². The van der Waals surface area contributed by atoms with Crippen LogP contribution in [0.1, 0.15) is 8.29 Å². The summed E-state index contributed by atoms with van der Waals surface area (Å²) in [6.07, 6.45) is 1.68. The minimum atomic E-state index is -0.637. The van der Waals surface area contributed by atoms with Crippen molar-refractivity contribution in [3.05, 3.63) is 0 Å². The topological polar surface area (TPSA) is 26.3 Å². The van der Waals surface area contributed by atoms with Crippen molar-refractivity contribution in [2.45, 2.75) is 6.92 Å². The van der Waals surface area contributed by atoms with Gasteiger partial charge in [0.1, 0.15) is 1.37 Å². The first-order valence-corrected chi connectivity index (χ1v) is 1.90. The van der Waals surface area contributed by atoms with Crippen LogP contribution in [0.4, 0.5) is 0 Å². The van der Waals surface area contributed by atoms with Crippen molar-refractivity contribution in [2.75, 3.05) is 6.61 Å². The Morgan fingerprint density at radius 2 is 3.00 bits per heavy atom. The largest absolute Gasteiger partial charge is 0.456 e. The highest BCUT2D eigenvalue weighted by molar-refractivity contribution is 5.87. The van der Waals surface area contributed by atoms with Crippen molar-refractivity contribution in [1.82, 2.24) is 0 Å². The number of rotatable bonds is 1. The summed E-state index contributed by atoms with van der Waals surface area (Å²) < 4.78 is 10.6. The van der Waals surface area contributed by atoms with Crippen molar-refractivity contribution in [3.63, 3.8) is 0 Å². The fraction of sp³-hybridized carbons (Fsp3) is 0.400. The van der Waals surface area contributed by atoms with Gasteiger partial charge in [-0.15, -0.1) is 6.40 Å². The highest BCUT2D eigenvalue weighted by Gasteiger charge is 1.87. The number of carbonyl (C=O) groups excluding carboxylic acids is 1. The van der Waals surface area contributed by atoms with Crippen LogP contribution in [-0.4, -0.2) is 12.6 Å². The van der Waals surface area contributed by atoms with Gasteiger partial charge in [0.15, 0.2) is 0 Å². The quantitative estimate of drug-likeness (QED) is 0.266. The molecule has 0 heterocycles. The summed E-state index contributed by atoms with van der Waals surface area (Å²) in [5.41, 5.74) is 0. The van der Waals surface area contributed by atoms with Gasteiger partial charge in [-0.3, -0.25) is 0 Å². The predicted molar refractivity (Wildman–Crippen MR) is 25.5 cm³/mol. The Bertz CT molecular complexity index is 131. The van der Waals surface area contributed by atoms with E-state index in [4.69, 9.17) is 1.37 Å². The standard InChI is InChI=1S/C5H6O2/c1-3-5(6)7-4-2/h1H,4H2,2H3/i1D. The third kappa shape index (κ3) is 2.84. The van der Waals surface area contributed by atoms with Gasteiger partial charge in [-0.05, 0) is 6.92 Å². The molecule has 2 heteroatoms. The second-order valence-electron chi connectivity index (χ2n) is 0.845. The van der Waals surface area contributed by atoms with Crippen molar-refractivity contribution in [1.29, 1.82) is 0 Å². The summed E-state index contributed by atoms with van der Waals surface area (Å²) in [5.74, 6) is 1.27. The zero-order valence-corrected chi connectivity index (χ0v) is 4.02. The molecule has 0 aromatic carbocycles. The van der Waals surface area contributed by atoms with E-state index in [1.807, 2.05) is 5.92 Å². The first-order valence-electron chi connectivity index (χ1n) is 2.40. The molecule has 0 amide bonds. The Labute approximate surface area is 43.9 Å². The van der Waals surface area contributed by atoms with Crippen LogP contribution in [0.5, 0.6) is 0 Å². The summed E-state index contributed by atoms with van der Waals surface area (Å²) in [7, 11) is 0. The number of terminal acetylenes is 1. The zero-order chi connectivity index (χ0) is 6.41. The molecule has 0 unspecified atom stereocenters. The van der Waals surface area contributed by atoms with Crippen LogP contribution < -0.4 is 0 Å². The molecule has 38 valence electrons. The average Bonchev–Trinajstić information content (AvgIpc) is 1.68. The summed E-state index contributed by atoms with van der Waals surface area (Å²) in [4.78, 5) is 10.1. The minimum Gasteiger partial charge on any atom is -0.456 e. The Hall–Kier alpha value is -0.970. The minimum absolute atomic E-state index is 0.313. The third-order valence-corrected chi connectivity index (χ3v) is 0.377. The maximum Gasteiger partial charge on any atom is 0.384 e. The summed E-state index contributed by atoms with van der Waals surface area (Å²) in [6, 6.07) is 0. The second-order valence-corrected chi connectivity index (χ2v) is 0.845. The molecule has 0 saturated heterocycles. The van der Waals surface area contributed by atoms with Gasteiger partial charge in [-0.2, -0.15) is 0 Å². The van der Waals surface area contributed by atoms with Crippen LogP contribution in [-0.2, 0) is 9.53 Å². The lowest BCUT2D eigenvalue weighted by atomic mass is 10.7. The summed E-state index contributed by atoms with van der Waals surface area (Å²) in [6.45, 7) is 2.00. The maximum atomic E-state index is 10.1. The third-order valence-electron chi connectivity index (χ3n) is 0.377. The molecule has 0 aliphatic rings. The molecule has 2 nitrogen and oxygen atoms in total. The van der Waals surface area contributed by atoms with Crippen LogP contribution in [0.3, 0.4) is 0 Å². The molecule has 0 aliphatic carbocycles. The van der Waals surface area contributed by atoms with E-state index in [0.29, 0.717) is 6.61 Å². The van der Waals surface area contributed by atoms with Crippen LogP contribution in [0, 0.1) is 12.3 Å². The highest BCUT2D eigenvalue weighted by Crippen LogP contribution is 1.70. The molecule has 0 aromatic heterocycles. The Kier molecular flexibility index (Phi) is 1.94. The van der Waals surface area contributed by atoms with E-state index in [-0.39, 0.29) is 0 Å². The molecule has 0 aliphatic heterocycles. The van der Waals surface area contributed by atoms with E-state index in [0.717, 1.165) is 0 Å². The van der Waals surface area contributed by atoms with Crippen molar-refractivity contribution in [2.24, 2.45) is 0 Å².